The second-order valence-electron chi connectivity index (χ2n) is 6.73. The molecule has 30 heavy (non-hydrogen) atoms. The van der Waals surface area contributed by atoms with Crippen LogP contribution < -0.4 is 10.6 Å². The van der Waals surface area contributed by atoms with Crippen molar-refractivity contribution >= 4 is 45.0 Å². The average molecular weight is 491 g/mol. The normalized spacial score (nSPS) is 10.6. The summed E-state index contributed by atoms with van der Waals surface area (Å²) in [5, 5.41) is 6.25. The zero-order valence-electron chi connectivity index (χ0n) is 16.4. The smallest absolute Gasteiger partial charge is 0.226 e. The maximum atomic E-state index is 12.1. The van der Waals surface area contributed by atoms with Gasteiger partial charge < -0.3 is 15.1 Å². The summed E-state index contributed by atoms with van der Waals surface area (Å²) in [4.78, 5) is 28.3. The highest BCUT2D eigenvalue weighted by molar-refractivity contribution is 9.10. The number of anilines is 1. The zero-order valence-corrected chi connectivity index (χ0v) is 18.7. The molecular weight excluding hydrogens is 470 g/mol. The Morgan fingerprint density at radius 1 is 1.10 bits per heavy atom. The number of rotatable bonds is 8. The van der Waals surface area contributed by atoms with Crippen molar-refractivity contribution in [3.05, 3.63) is 69.6 Å². The number of hydrogen-bond donors (Lipinski definition) is 2. The number of carbonyl (C=O) groups excluding carboxylic acids is 2. The average Bonchev–Trinajstić information content (AvgIpc) is 3.19. The van der Waals surface area contributed by atoms with Crippen LogP contribution in [-0.2, 0) is 16.0 Å². The lowest BCUT2D eigenvalue weighted by Gasteiger charge is -2.09. The summed E-state index contributed by atoms with van der Waals surface area (Å²) in [7, 11) is 0. The van der Waals surface area contributed by atoms with Crippen molar-refractivity contribution in [2.24, 2.45) is 0 Å². The van der Waals surface area contributed by atoms with E-state index in [1.54, 1.807) is 18.3 Å². The third kappa shape index (κ3) is 6.43. The van der Waals surface area contributed by atoms with Gasteiger partial charge in [0.15, 0.2) is 11.7 Å². The summed E-state index contributed by atoms with van der Waals surface area (Å²) >= 11 is 9.27. The van der Waals surface area contributed by atoms with Gasteiger partial charge in [-0.3, -0.25) is 9.59 Å². The number of aromatic nitrogens is 1. The van der Waals surface area contributed by atoms with Gasteiger partial charge in [0.1, 0.15) is 0 Å². The summed E-state index contributed by atoms with van der Waals surface area (Å²) in [6.45, 7) is 2.18. The van der Waals surface area contributed by atoms with Crippen LogP contribution in [0, 0.1) is 6.92 Å². The molecule has 2 aromatic carbocycles. The first-order valence-electron chi connectivity index (χ1n) is 9.44. The van der Waals surface area contributed by atoms with E-state index < -0.39 is 0 Å². The van der Waals surface area contributed by atoms with Gasteiger partial charge in [-0.15, -0.1) is 0 Å². The summed E-state index contributed by atoms with van der Waals surface area (Å²) in [6, 6.07) is 12.9. The van der Waals surface area contributed by atoms with Gasteiger partial charge in [-0.25, -0.2) is 4.98 Å². The van der Waals surface area contributed by atoms with Crippen molar-refractivity contribution in [3.8, 4) is 11.3 Å². The third-order valence-corrected chi connectivity index (χ3v) is 5.14. The standard InChI is InChI=1S/C22H21BrClN3O3/c1-14-2-5-16(23)12-18(14)27-21(29)10-11-25-20(28)8-9-22-26-13-19(30-22)15-3-6-17(24)7-4-15/h2-7,12-13H,8-11H2,1H3,(H,25,28)(H,27,29). The molecule has 8 heteroatoms. The van der Waals surface area contributed by atoms with E-state index in [0.717, 1.165) is 21.3 Å². The molecule has 2 amide bonds. The van der Waals surface area contributed by atoms with Crippen LogP contribution in [0.4, 0.5) is 5.69 Å². The summed E-state index contributed by atoms with van der Waals surface area (Å²) in [5.41, 5.74) is 2.59. The van der Waals surface area contributed by atoms with Gasteiger partial charge in [0.05, 0.1) is 6.20 Å². The molecule has 3 aromatic rings. The Hall–Kier alpha value is -2.64. The molecule has 6 nitrogen and oxygen atoms in total. The minimum absolute atomic E-state index is 0.156. The Bertz CT molecular complexity index is 1030. The summed E-state index contributed by atoms with van der Waals surface area (Å²) in [6.07, 6.45) is 2.43. The second kappa shape index (κ2) is 10.4. The van der Waals surface area contributed by atoms with Crippen molar-refractivity contribution in [2.75, 3.05) is 11.9 Å². The van der Waals surface area contributed by atoms with Crippen LogP contribution in [0.3, 0.4) is 0 Å². The van der Waals surface area contributed by atoms with Crippen LogP contribution in [0.25, 0.3) is 11.3 Å². The highest BCUT2D eigenvalue weighted by Crippen LogP contribution is 2.23. The first-order chi connectivity index (χ1) is 14.4. The second-order valence-corrected chi connectivity index (χ2v) is 8.08. The number of nitrogens with one attached hydrogen (secondary N) is 2. The van der Waals surface area contributed by atoms with Crippen LogP contribution in [0.5, 0.6) is 0 Å². The predicted molar refractivity (Wildman–Crippen MR) is 120 cm³/mol. The molecular formula is C22H21BrClN3O3. The SMILES string of the molecule is Cc1ccc(Br)cc1NC(=O)CCNC(=O)CCc1ncc(-c2ccc(Cl)cc2)o1. The van der Waals surface area contributed by atoms with Gasteiger partial charge in [-0.1, -0.05) is 33.6 Å². The summed E-state index contributed by atoms with van der Waals surface area (Å²) < 4.78 is 6.58. The van der Waals surface area contributed by atoms with Crippen molar-refractivity contribution in [1.82, 2.24) is 10.3 Å². The first kappa shape index (κ1) is 22.1. The molecule has 0 aliphatic rings. The first-order valence-corrected chi connectivity index (χ1v) is 10.6. The molecule has 1 aromatic heterocycles. The van der Waals surface area contributed by atoms with Gasteiger partial charge in [0.25, 0.3) is 0 Å². The highest BCUT2D eigenvalue weighted by Gasteiger charge is 2.10. The quantitative estimate of drug-likeness (QED) is 0.458. The molecule has 2 N–H and O–H groups in total. The Kier molecular flexibility index (Phi) is 7.65. The zero-order chi connectivity index (χ0) is 21.5. The molecule has 0 radical (unpaired) electrons. The maximum absolute atomic E-state index is 12.1. The lowest BCUT2D eigenvalue weighted by Crippen LogP contribution is -2.27. The van der Waals surface area contributed by atoms with Gasteiger partial charge >= 0.3 is 0 Å². The molecule has 0 fully saturated rings. The Labute approximate surface area is 188 Å². The van der Waals surface area contributed by atoms with Crippen molar-refractivity contribution < 1.29 is 14.0 Å². The van der Waals surface area contributed by atoms with E-state index in [9.17, 15) is 9.59 Å². The third-order valence-electron chi connectivity index (χ3n) is 4.40. The molecule has 0 saturated carbocycles. The molecule has 0 saturated heterocycles. The Morgan fingerprint density at radius 3 is 2.63 bits per heavy atom. The predicted octanol–water partition coefficient (Wildman–Crippen LogP) is 5.14. The fourth-order valence-corrected chi connectivity index (χ4v) is 3.23. The monoisotopic (exact) mass is 489 g/mol. The van der Waals surface area contributed by atoms with E-state index in [2.05, 4.69) is 31.5 Å². The number of nitrogens with zero attached hydrogens (tertiary/aromatic N) is 1. The number of amides is 2. The number of oxazole rings is 1. The maximum Gasteiger partial charge on any atom is 0.226 e. The van der Waals surface area contributed by atoms with Gasteiger partial charge in [-0.2, -0.15) is 0 Å². The molecule has 1 heterocycles. The van der Waals surface area contributed by atoms with Crippen LogP contribution in [0.15, 0.2) is 57.6 Å². The van der Waals surface area contributed by atoms with Crippen LogP contribution in [0.1, 0.15) is 24.3 Å². The lowest BCUT2D eigenvalue weighted by atomic mass is 10.2. The molecule has 156 valence electrons. The number of hydrogen-bond acceptors (Lipinski definition) is 4. The van der Waals surface area contributed by atoms with Gasteiger partial charge in [-0.05, 0) is 48.9 Å². The Balaban J connectivity index is 1.39. The number of halogens is 2. The molecule has 0 bridgehead atoms. The highest BCUT2D eigenvalue weighted by atomic mass is 79.9. The number of benzene rings is 2. The van der Waals surface area contributed by atoms with Gasteiger partial charge in [0, 0.05) is 46.6 Å². The number of carbonyl (C=O) groups is 2. The molecule has 0 unspecified atom stereocenters. The minimum Gasteiger partial charge on any atom is -0.441 e. The van der Waals surface area contributed by atoms with E-state index in [4.69, 9.17) is 16.0 Å². The largest absolute Gasteiger partial charge is 0.441 e. The molecule has 0 aliphatic heterocycles. The van der Waals surface area contributed by atoms with Crippen LogP contribution in [-0.4, -0.2) is 23.3 Å². The van der Waals surface area contributed by atoms with E-state index in [1.807, 2.05) is 37.3 Å². The lowest BCUT2D eigenvalue weighted by molar-refractivity contribution is -0.121. The molecule has 0 spiro atoms. The van der Waals surface area contributed by atoms with Crippen molar-refractivity contribution in [2.45, 2.75) is 26.2 Å². The summed E-state index contributed by atoms with van der Waals surface area (Å²) in [5.74, 6) is 0.795. The Morgan fingerprint density at radius 2 is 1.87 bits per heavy atom. The molecule has 0 aliphatic carbocycles. The van der Waals surface area contributed by atoms with Crippen molar-refractivity contribution in [3.63, 3.8) is 0 Å². The fourth-order valence-electron chi connectivity index (χ4n) is 2.74. The fraction of sp³-hybridized carbons (Fsp3) is 0.227. The van der Waals surface area contributed by atoms with E-state index in [-0.39, 0.29) is 31.2 Å². The molecule has 0 atom stereocenters. The molecule has 3 rings (SSSR count). The van der Waals surface area contributed by atoms with Crippen LogP contribution in [0.2, 0.25) is 5.02 Å². The minimum atomic E-state index is -0.160. The van der Waals surface area contributed by atoms with Crippen LogP contribution >= 0.6 is 27.5 Å². The van der Waals surface area contributed by atoms with E-state index >= 15 is 0 Å². The van der Waals surface area contributed by atoms with Crippen molar-refractivity contribution in [1.29, 1.82) is 0 Å². The van der Waals surface area contributed by atoms with Gasteiger partial charge in [0.2, 0.25) is 11.8 Å². The number of aryl methyl sites for hydroxylation is 2. The topological polar surface area (TPSA) is 84.2 Å². The van der Waals surface area contributed by atoms with E-state index in [1.165, 1.54) is 0 Å². The van der Waals surface area contributed by atoms with E-state index in [0.29, 0.717) is 23.1 Å².